The normalized spacial score (nSPS) is 18.7. The molecule has 0 radical (unpaired) electrons. The Morgan fingerprint density at radius 1 is 1.13 bits per heavy atom. The average Bonchev–Trinajstić information content (AvgIpc) is 2.86. The molecule has 0 unspecified atom stereocenters. The standard InChI is InChI=1S/C28H35ClFN5O3S/c1-16(2)38-25-14-21(19-8-10-31-11-9-19)18(5)12-24(25)34-28-32-15-22(29)27(35-28)33-23-7-6-20(30)13-26(23)39(36,37)17(3)4/h6-7,12-17,19,31H,8-11H2,1-5H3,(H2,32,33,34,35)/i10D2,11D2. The van der Waals surface area contributed by atoms with Crippen LogP contribution in [0.1, 0.15) is 63.1 Å². The van der Waals surface area contributed by atoms with E-state index in [9.17, 15) is 12.8 Å². The van der Waals surface area contributed by atoms with Gasteiger partial charge in [-0.3, -0.25) is 0 Å². The molecule has 2 aromatic carbocycles. The van der Waals surface area contributed by atoms with Crippen LogP contribution in [0.15, 0.2) is 41.4 Å². The summed E-state index contributed by atoms with van der Waals surface area (Å²) in [7, 11) is -3.84. The topological polar surface area (TPSA) is 105 Å². The van der Waals surface area contributed by atoms with Gasteiger partial charge < -0.3 is 20.7 Å². The Bertz CT molecular complexity index is 1610. The Labute approximate surface area is 240 Å². The van der Waals surface area contributed by atoms with Gasteiger partial charge in [0.15, 0.2) is 15.7 Å². The molecule has 1 fully saturated rings. The number of halogens is 2. The number of nitrogens with one attached hydrogen (secondary N) is 3. The van der Waals surface area contributed by atoms with Crippen LogP contribution in [-0.4, -0.2) is 42.7 Å². The van der Waals surface area contributed by atoms with E-state index >= 15 is 0 Å². The molecule has 39 heavy (non-hydrogen) atoms. The summed E-state index contributed by atoms with van der Waals surface area (Å²) in [4.78, 5) is 8.47. The molecule has 0 saturated carbocycles. The first kappa shape index (κ1) is 23.9. The number of ether oxygens (including phenoxy) is 1. The number of piperidine rings is 1. The lowest BCUT2D eigenvalue weighted by Gasteiger charge is -2.26. The zero-order valence-corrected chi connectivity index (χ0v) is 24.0. The minimum absolute atomic E-state index is 0.0878. The fourth-order valence-corrected chi connectivity index (χ4v) is 5.50. The highest BCUT2D eigenvalue weighted by atomic mass is 35.5. The van der Waals surface area contributed by atoms with Crippen LogP contribution < -0.4 is 20.7 Å². The number of nitrogens with zero attached hydrogens (tertiary/aromatic N) is 2. The van der Waals surface area contributed by atoms with E-state index in [1.165, 1.54) is 26.1 Å². The van der Waals surface area contributed by atoms with Crippen molar-refractivity contribution in [1.29, 1.82) is 0 Å². The second kappa shape index (κ2) is 12.1. The monoisotopic (exact) mass is 579 g/mol. The quantitative estimate of drug-likeness (QED) is 0.264. The minimum atomic E-state index is -3.84. The predicted octanol–water partition coefficient (Wildman–Crippen LogP) is 6.50. The largest absolute Gasteiger partial charge is 0.489 e. The van der Waals surface area contributed by atoms with Gasteiger partial charge in [0.2, 0.25) is 5.95 Å². The van der Waals surface area contributed by atoms with Crippen molar-refractivity contribution in [2.45, 2.75) is 69.6 Å². The number of benzene rings is 2. The van der Waals surface area contributed by atoms with E-state index in [1.54, 1.807) is 12.1 Å². The third-order valence-electron chi connectivity index (χ3n) is 6.16. The van der Waals surface area contributed by atoms with Crippen LogP contribution in [0, 0.1) is 12.7 Å². The number of rotatable bonds is 9. The Morgan fingerprint density at radius 2 is 1.85 bits per heavy atom. The Balaban J connectivity index is 1.70. The third-order valence-corrected chi connectivity index (χ3v) is 8.63. The summed E-state index contributed by atoms with van der Waals surface area (Å²) in [6.45, 7) is 4.82. The lowest BCUT2D eigenvalue weighted by Crippen LogP contribution is -2.27. The summed E-state index contributed by atoms with van der Waals surface area (Å²) in [5, 5.41) is 7.76. The fraction of sp³-hybridized carbons (Fsp3) is 0.429. The van der Waals surface area contributed by atoms with Crippen molar-refractivity contribution >= 4 is 44.6 Å². The first-order chi connectivity index (χ1) is 19.9. The molecule has 0 spiro atoms. The maximum atomic E-state index is 14.0. The van der Waals surface area contributed by atoms with Crippen molar-refractivity contribution < 1.29 is 23.0 Å². The highest BCUT2D eigenvalue weighted by Crippen LogP contribution is 2.38. The first-order valence-corrected chi connectivity index (χ1v) is 14.5. The van der Waals surface area contributed by atoms with Crippen molar-refractivity contribution in [3.8, 4) is 5.75 Å². The number of aromatic nitrogens is 2. The molecule has 4 rings (SSSR count). The zero-order valence-electron chi connectivity index (χ0n) is 26.4. The lowest BCUT2D eigenvalue weighted by molar-refractivity contribution is 0.243. The number of sulfone groups is 1. The lowest BCUT2D eigenvalue weighted by atomic mass is 9.87. The van der Waals surface area contributed by atoms with E-state index in [4.69, 9.17) is 21.8 Å². The van der Waals surface area contributed by atoms with E-state index in [0.29, 0.717) is 11.4 Å². The van der Waals surface area contributed by atoms with Crippen LogP contribution in [0.4, 0.5) is 27.5 Å². The fourth-order valence-electron chi connectivity index (χ4n) is 4.15. The van der Waals surface area contributed by atoms with E-state index in [0.717, 1.165) is 23.3 Å². The highest BCUT2D eigenvalue weighted by Gasteiger charge is 2.25. The van der Waals surface area contributed by atoms with E-state index in [-0.39, 0.29) is 46.3 Å². The van der Waals surface area contributed by atoms with Crippen LogP contribution >= 0.6 is 11.6 Å². The second-order valence-corrected chi connectivity index (χ2v) is 12.7. The van der Waals surface area contributed by atoms with Crippen LogP contribution in [-0.2, 0) is 9.84 Å². The predicted molar refractivity (Wildman–Crippen MR) is 154 cm³/mol. The number of aryl methyl sites for hydroxylation is 1. The summed E-state index contributed by atoms with van der Waals surface area (Å²) in [5.74, 6) is -0.465. The third kappa shape index (κ3) is 6.80. The van der Waals surface area contributed by atoms with Gasteiger partial charge in [-0.15, -0.1) is 0 Å². The zero-order chi connectivity index (χ0) is 31.9. The van der Waals surface area contributed by atoms with Gasteiger partial charge in [0, 0.05) is 5.48 Å². The number of hydrogen-bond donors (Lipinski definition) is 3. The van der Waals surface area contributed by atoms with Crippen molar-refractivity contribution in [3.63, 3.8) is 0 Å². The number of hydrogen-bond acceptors (Lipinski definition) is 8. The molecular formula is C28H35ClFN5O3S. The molecule has 1 aliphatic heterocycles. The van der Waals surface area contributed by atoms with Gasteiger partial charge in [-0.2, -0.15) is 4.98 Å². The van der Waals surface area contributed by atoms with Gasteiger partial charge in [-0.25, -0.2) is 17.8 Å². The van der Waals surface area contributed by atoms with Crippen molar-refractivity contribution in [3.05, 3.63) is 58.5 Å². The van der Waals surface area contributed by atoms with Gasteiger partial charge in [-0.1, -0.05) is 11.6 Å². The van der Waals surface area contributed by atoms with E-state index in [2.05, 4.69) is 25.9 Å². The minimum Gasteiger partial charge on any atom is -0.489 e. The second-order valence-electron chi connectivity index (χ2n) is 9.83. The van der Waals surface area contributed by atoms with Crippen LogP contribution in [0.25, 0.3) is 0 Å². The Hall–Kier alpha value is -2.95. The van der Waals surface area contributed by atoms with Crippen molar-refractivity contribution in [2.75, 3.05) is 23.6 Å². The van der Waals surface area contributed by atoms with Gasteiger partial charge in [0.1, 0.15) is 16.6 Å². The van der Waals surface area contributed by atoms with Crippen LogP contribution in [0.3, 0.4) is 0 Å². The highest BCUT2D eigenvalue weighted by molar-refractivity contribution is 7.92. The molecule has 0 amide bonds. The smallest absolute Gasteiger partial charge is 0.229 e. The molecular weight excluding hydrogens is 541 g/mol. The summed E-state index contributed by atoms with van der Waals surface area (Å²) in [6.07, 6.45) is 1.30. The molecule has 0 bridgehead atoms. The van der Waals surface area contributed by atoms with Gasteiger partial charge in [-0.05, 0) is 108 Å². The molecule has 210 valence electrons. The van der Waals surface area contributed by atoms with E-state index < -0.39 is 39.8 Å². The van der Waals surface area contributed by atoms with Crippen molar-refractivity contribution in [2.24, 2.45) is 0 Å². The van der Waals surface area contributed by atoms with Gasteiger partial charge in [0.25, 0.3) is 0 Å². The summed E-state index contributed by atoms with van der Waals surface area (Å²) in [5.41, 5.74) is 2.17. The molecule has 1 aliphatic rings. The molecule has 1 aromatic heterocycles. The Kier molecular flexibility index (Phi) is 7.39. The molecule has 11 heteroatoms. The van der Waals surface area contributed by atoms with E-state index in [1.807, 2.05) is 20.8 Å². The molecule has 3 aromatic rings. The number of anilines is 4. The van der Waals surface area contributed by atoms with Gasteiger partial charge >= 0.3 is 0 Å². The van der Waals surface area contributed by atoms with Crippen LogP contribution in [0.5, 0.6) is 5.75 Å². The summed E-state index contributed by atoms with van der Waals surface area (Å²) in [6, 6.07) is 6.98. The van der Waals surface area contributed by atoms with Crippen molar-refractivity contribution in [1.82, 2.24) is 15.3 Å². The SMILES string of the molecule is [2H]C1([2H])CC(c2cc(OC(C)C)c(Nc3ncc(Cl)c(Nc4ccc(F)cc4S(=O)(=O)C(C)C)n3)cc2C)CC([2H])([2H])N1. The van der Waals surface area contributed by atoms with Gasteiger partial charge in [0.05, 0.1) is 33.8 Å². The maximum absolute atomic E-state index is 14.0. The molecule has 2 heterocycles. The maximum Gasteiger partial charge on any atom is 0.229 e. The van der Waals surface area contributed by atoms with Crippen LogP contribution in [0.2, 0.25) is 5.02 Å². The average molecular weight is 580 g/mol. The molecule has 8 nitrogen and oxygen atoms in total. The molecule has 3 N–H and O–H groups in total. The molecule has 0 aliphatic carbocycles. The summed E-state index contributed by atoms with van der Waals surface area (Å²) >= 11 is 6.36. The molecule has 0 atom stereocenters. The Morgan fingerprint density at radius 3 is 2.51 bits per heavy atom. The summed E-state index contributed by atoms with van der Waals surface area (Å²) < 4.78 is 78.6. The molecule has 1 saturated heterocycles. The first-order valence-electron chi connectivity index (χ1n) is 14.6.